The molecule has 0 bridgehead atoms. The Morgan fingerprint density at radius 2 is 1.71 bits per heavy atom. The Balaban J connectivity index is 2.22. The van der Waals surface area contributed by atoms with Crippen LogP contribution in [0, 0.1) is 13.8 Å². The molecule has 0 saturated carbocycles. The van der Waals surface area contributed by atoms with Gasteiger partial charge in [-0.05, 0) is 56.7 Å². The highest BCUT2D eigenvalue weighted by atomic mass is 14.7. The minimum atomic E-state index is 1.24. The molecule has 1 aromatic heterocycles. The lowest BCUT2D eigenvalue weighted by Crippen LogP contribution is -1.97. The molecule has 1 heterocycles. The quantitative estimate of drug-likeness (QED) is 0.684. The predicted molar refractivity (Wildman–Crippen MR) is 73.6 cm³/mol. The molecule has 0 saturated heterocycles. The summed E-state index contributed by atoms with van der Waals surface area (Å²) in [5.74, 6) is 0. The molecule has 17 heavy (non-hydrogen) atoms. The molecule has 1 aromatic carbocycles. The first-order valence-corrected chi connectivity index (χ1v) is 6.86. The monoisotopic (exact) mass is 227 g/mol. The molecule has 0 unspecified atom stereocenters. The molecule has 90 valence electrons. The third kappa shape index (κ3) is 1.88. The van der Waals surface area contributed by atoms with E-state index in [1.807, 2.05) is 0 Å². The van der Waals surface area contributed by atoms with Crippen LogP contribution >= 0.6 is 0 Å². The van der Waals surface area contributed by atoms with Gasteiger partial charge >= 0.3 is 0 Å². The van der Waals surface area contributed by atoms with Crippen molar-refractivity contribution in [3.8, 4) is 0 Å². The first-order chi connectivity index (χ1) is 8.25. The fraction of sp³-hybridized carbons (Fsp3) is 0.500. The van der Waals surface area contributed by atoms with Crippen molar-refractivity contribution < 1.29 is 0 Å². The van der Waals surface area contributed by atoms with Crippen molar-refractivity contribution in [3.05, 3.63) is 34.5 Å². The van der Waals surface area contributed by atoms with Crippen molar-refractivity contribution in [2.24, 2.45) is 0 Å². The van der Waals surface area contributed by atoms with E-state index in [1.165, 1.54) is 66.2 Å². The molecule has 1 heteroatoms. The Labute approximate surface area is 103 Å². The smallest absolute Gasteiger partial charge is 0.0488 e. The van der Waals surface area contributed by atoms with Crippen molar-refractivity contribution >= 4 is 10.9 Å². The number of aromatic amines is 1. The van der Waals surface area contributed by atoms with Crippen molar-refractivity contribution in [2.75, 3.05) is 0 Å². The molecule has 0 aliphatic heterocycles. The maximum atomic E-state index is 3.68. The second-order valence-electron chi connectivity index (χ2n) is 5.50. The van der Waals surface area contributed by atoms with E-state index in [2.05, 4.69) is 31.0 Å². The number of nitrogens with one attached hydrogen (secondary N) is 1. The van der Waals surface area contributed by atoms with Crippen LogP contribution in [-0.2, 0) is 12.8 Å². The van der Waals surface area contributed by atoms with Gasteiger partial charge in [0.05, 0.1) is 0 Å². The van der Waals surface area contributed by atoms with Crippen molar-refractivity contribution in [2.45, 2.75) is 52.4 Å². The second-order valence-corrected chi connectivity index (χ2v) is 5.50. The number of hydrogen-bond acceptors (Lipinski definition) is 0. The van der Waals surface area contributed by atoms with E-state index in [0.29, 0.717) is 0 Å². The minimum Gasteiger partial charge on any atom is -0.358 e. The summed E-state index contributed by atoms with van der Waals surface area (Å²) in [7, 11) is 0. The van der Waals surface area contributed by atoms with Crippen LogP contribution in [0.1, 0.15) is 48.1 Å². The largest absolute Gasteiger partial charge is 0.358 e. The highest BCUT2D eigenvalue weighted by Crippen LogP contribution is 2.30. The number of fused-ring (bicyclic) bond motifs is 3. The minimum absolute atomic E-state index is 1.24. The summed E-state index contributed by atoms with van der Waals surface area (Å²) in [4.78, 5) is 3.68. The van der Waals surface area contributed by atoms with Crippen LogP contribution in [0.25, 0.3) is 10.9 Å². The number of H-pyrrole nitrogens is 1. The lowest BCUT2D eigenvalue weighted by molar-refractivity contribution is 0.614. The summed E-state index contributed by atoms with van der Waals surface area (Å²) in [5.41, 5.74) is 7.27. The first-order valence-electron chi connectivity index (χ1n) is 6.86. The molecule has 0 atom stereocenters. The Kier molecular flexibility index (Phi) is 2.70. The van der Waals surface area contributed by atoms with Gasteiger partial charge in [0.15, 0.2) is 0 Å². The average Bonchev–Trinajstić information content (AvgIpc) is 2.56. The molecule has 1 aliphatic rings. The number of aromatic nitrogens is 1. The van der Waals surface area contributed by atoms with Gasteiger partial charge in [0.2, 0.25) is 0 Å². The van der Waals surface area contributed by atoms with Crippen LogP contribution in [0.3, 0.4) is 0 Å². The fourth-order valence-electron chi connectivity index (χ4n) is 3.22. The Morgan fingerprint density at radius 3 is 2.53 bits per heavy atom. The molecule has 2 aromatic rings. The highest BCUT2D eigenvalue weighted by Gasteiger charge is 2.14. The Bertz CT molecular complexity index is 548. The van der Waals surface area contributed by atoms with Gasteiger partial charge in [0.25, 0.3) is 0 Å². The first kappa shape index (κ1) is 10.9. The molecule has 0 radical (unpaired) electrons. The highest BCUT2D eigenvalue weighted by molar-refractivity contribution is 5.88. The summed E-state index contributed by atoms with van der Waals surface area (Å²) in [6.45, 7) is 4.42. The lowest BCUT2D eigenvalue weighted by atomic mass is 9.96. The van der Waals surface area contributed by atoms with Gasteiger partial charge in [-0.3, -0.25) is 0 Å². The van der Waals surface area contributed by atoms with Crippen molar-refractivity contribution in [1.29, 1.82) is 0 Å². The average molecular weight is 227 g/mol. The van der Waals surface area contributed by atoms with Gasteiger partial charge in [-0.1, -0.05) is 24.5 Å². The number of hydrogen-bond donors (Lipinski definition) is 1. The Hall–Kier alpha value is -1.24. The maximum Gasteiger partial charge on any atom is 0.0488 e. The number of rotatable bonds is 0. The van der Waals surface area contributed by atoms with E-state index in [-0.39, 0.29) is 0 Å². The molecular weight excluding hydrogens is 206 g/mol. The van der Waals surface area contributed by atoms with E-state index in [9.17, 15) is 0 Å². The van der Waals surface area contributed by atoms with Gasteiger partial charge in [-0.15, -0.1) is 0 Å². The summed E-state index contributed by atoms with van der Waals surface area (Å²) in [5, 5.41) is 1.49. The molecule has 0 amide bonds. The zero-order chi connectivity index (χ0) is 11.8. The van der Waals surface area contributed by atoms with E-state index in [1.54, 1.807) is 5.56 Å². The fourth-order valence-corrected chi connectivity index (χ4v) is 3.22. The van der Waals surface area contributed by atoms with Crippen molar-refractivity contribution in [3.63, 3.8) is 0 Å². The van der Waals surface area contributed by atoms with E-state index in [4.69, 9.17) is 0 Å². The standard InChI is InChI=1S/C16H21N/c1-11-9-12(2)16-14(10-11)13-7-5-3-4-6-8-15(13)17-16/h9-10,17H,3-8H2,1-2H3. The zero-order valence-corrected chi connectivity index (χ0v) is 10.9. The van der Waals surface area contributed by atoms with Crippen LogP contribution < -0.4 is 0 Å². The molecule has 1 N–H and O–H groups in total. The molecule has 0 spiro atoms. The second kappa shape index (κ2) is 4.21. The molecule has 3 rings (SSSR count). The van der Waals surface area contributed by atoms with Gasteiger partial charge in [0, 0.05) is 16.6 Å². The van der Waals surface area contributed by atoms with Crippen LogP contribution in [0.2, 0.25) is 0 Å². The van der Waals surface area contributed by atoms with Gasteiger partial charge in [-0.25, -0.2) is 0 Å². The summed E-state index contributed by atoms with van der Waals surface area (Å²) in [6, 6.07) is 4.64. The lowest BCUT2D eigenvalue weighted by Gasteiger charge is -2.09. The topological polar surface area (TPSA) is 15.8 Å². The van der Waals surface area contributed by atoms with Crippen molar-refractivity contribution in [1.82, 2.24) is 4.98 Å². The van der Waals surface area contributed by atoms with Gasteiger partial charge < -0.3 is 4.98 Å². The van der Waals surface area contributed by atoms with E-state index >= 15 is 0 Å². The Morgan fingerprint density at radius 1 is 0.941 bits per heavy atom. The normalized spacial score (nSPS) is 16.6. The van der Waals surface area contributed by atoms with Gasteiger partial charge in [-0.2, -0.15) is 0 Å². The summed E-state index contributed by atoms with van der Waals surface area (Å²) < 4.78 is 0. The number of aryl methyl sites for hydroxylation is 4. The third-order valence-electron chi connectivity index (χ3n) is 4.05. The predicted octanol–water partition coefficient (Wildman–Crippen LogP) is 4.44. The van der Waals surface area contributed by atoms with E-state index < -0.39 is 0 Å². The van der Waals surface area contributed by atoms with Gasteiger partial charge in [0.1, 0.15) is 0 Å². The van der Waals surface area contributed by atoms with E-state index in [0.717, 1.165) is 0 Å². The number of benzene rings is 1. The van der Waals surface area contributed by atoms with Crippen LogP contribution in [-0.4, -0.2) is 4.98 Å². The molecule has 0 fully saturated rings. The molecule has 1 nitrogen and oxygen atoms in total. The molecular formula is C16H21N. The third-order valence-corrected chi connectivity index (χ3v) is 4.05. The van der Waals surface area contributed by atoms with Crippen LogP contribution in [0.5, 0.6) is 0 Å². The molecule has 1 aliphatic carbocycles. The van der Waals surface area contributed by atoms with Crippen LogP contribution in [0.15, 0.2) is 12.1 Å². The SMILES string of the molecule is Cc1cc(C)c2[nH]c3c(c2c1)CCCCCC3. The maximum absolute atomic E-state index is 3.68. The zero-order valence-electron chi connectivity index (χ0n) is 10.9. The van der Waals surface area contributed by atoms with Crippen LogP contribution in [0.4, 0.5) is 0 Å². The summed E-state index contributed by atoms with van der Waals surface area (Å²) >= 11 is 0. The summed E-state index contributed by atoms with van der Waals surface area (Å²) in [6.07, 6.45) is 8.00.